The van der Waals surface area contributed by atoms with E-state index in [0.29, 0.717) is 6.04 Å². The van der Waals surface area contributed by atoms with Crippen LogP contribution in [0.1, 0.15) is 13.8 Å². The van der Waals surface area contributed by atoms with Gasteiger partial charge in [0.2, 0.25) is 0 Å². The summed E-state index contributed by atoms with van der Waals surface area (Å²) < 4.78 is 1.21. The first kappa shape index (κ1) is 10.0. The first-order valence-electron chi connectivity index (χ1n) is 4.98. The van der Waals surface area contributed by atoms with Crippen LogP contribution in [0.3, 0.4) is 0 Å². The molecule has 2 heteroatoms. The molecule has 1 aliphatic rings. The molecule has 0 aromatic carbocycles. The molecule has 1 unspecified atom stereocenters. The number of likely N-dealkylation sites (N-methyl/N-ethyl adjacent to an activating group) is 2. The van der Waals surface area contributed by atoms with E-state index in [4.69, 9.17) is 0 Å². The van der Waals surface area contributed by atoms with Gasteiger partial charge in [-0.05, 0) is 20.9 Å². The van der Waals surface area contributed by atoms with Gasteiger partial charge in [0.15, 0.2) is 0 Å². The van der Waals surface area contributed by atoms with Crippen molar-refractivity contribution in [2.75, 3.05) is 39.8 Å². The molecule has 1 heterocycles. The Kier molecular flexibility index (Phi) is 3.13. The Morgan fingerprint density at radius 3 is 2.25 bits per heavy atom. The predicted molar refractivity (Wildman–Crippen MR) is 52.9 cm³/mol. The molecular formula is C10H22N2+. The van der Waals surface area contributed by atoms with Crippen molar-refractivity contribution in [2.45, 2.75) is 19.9 Å². The largest absolute Gasteiger partial charge is 0.320 e. The van der Waals surface area contributed by atoms with Crippen LogP contribution in [0.5, 0.6) is 0 Å². The lowest BCUT2D eigenvalue weighted by atomic mass is 10.1. The predicted octanol–water partition coefficient (Wildman–Crippen LogP) is 0.991. The Bertz CT molecular complexity index is 135. The first-order valence-corrected chi connectivity index (χ1v) is 4.98. The summed E-state index contributed by atoms with van der Waals surface area (Å²) in [5.74, 6) is 0. The lowest BCUT2D eigenvalue weighted by molar-refractivity contribution is -0.946. The van der Waals surface area contributed by atoms with E-state index >= 15 is 0 Å². The molecule has 1 atom stereocenters. The highest BCUT2D eigenvalue weighted by atomic mass is 15.4. The van der Waals surface area contributed by atoms with Gasteiger partial charge in [-0.25, -0.2) is 0 Å². The Morgan fingerprint density at radius 1 is 1.42 bits per heavy atom. The second kappa shape index (κ2) is 3.75. The molecule has 0 N–H and O–H groups in total. The zero-order chi connectivity index (χ0) is 9.19. The van der Waals surface area contributed by atoms with E-state index in [9.17, 15) is 0 Å². The molecular weight excluding hydrogens is 148 g/mol. The van der Waals surface area contributed by atoms with Crippen molar-refractivity contribution >= 4 is 0 Å². The normalized spacial score (nSPS) is 24.8. The average Bonchev–Trinajstić information content (AvgIpc) is 2.06. The highest BCUT2D eigenvalue weighted by Gasteiger charge is 2.32. The molecule has 1 saturated heterocycles. The van der Waals surface area contributed by atoms with Gasteiger partial charge in [0.25, 0.3) is 0 Å². The van der Waals surface area contributed by atoms with E-state index in [1.165, 1.54) is 37.2 Å². The molecule has 0 spiro atoms. The maximum atomic E-state index is 4.18. The number of quaternary nitrogens is 1. The van der Waals surface area contributed by atoms with Crippen LogP contribution in [-0.2, 0) is 0 Å². The van der Waals surface area contributed by atoms with Gasteiger partial charge in [0.1, 0.15) is 0 Å². The van der Waals surface area contributed by atoms with Crippen molar-refractivity contribution in [1.82, 2.24) is 4.90 Å². The van der Waals surface area contributed by atoms with Crippen molar-refractivity contribution < 1.29 is 4.48 Å². The van der Waals surface area contributed by atoms with Crippen molar-refractivity contribution in [3.63, 3.8) is 0 Å². The Morgan fingerprint density at radius 2 is 1.92 bits per heavy atom. The molecule has 1 radical (unpaired) electrons. The number of hydrogen-bond donors (Lipinski definition) is 0. The summed E-state index contributed by atoms with van der Waals surface area (Å²) in [6, 6.07) is 0.545. The third-order valence-corrected chi connectivity index (χ3v) is 3.42. The third-order valence-electron chi connectivity index (χ3n) is 3.42. The fraction of sp³-hybridized carbons (Fsp3) is 0.900. The van der Waals surface area contributed by atoms with E-state index in [1.54, 1.807) is 0 Å². The van der Waals surface area contributed by atoms with Crippen LogP contribution in [0.25, 0.3) is 0 Å². The standard InChI is InChI=1S/C10H22N2/c1-5-12(10(2)3)8-6-11(4)7-9-12/h10H,2,5-9H2,1,3-4H3/q+1. The molecule has 12 heavy (non-hydrogen) atoms. The molecule has 0 aromatic rings. The molecule has 1 fully saturated rings. The second-order valence-electron chi connectivity index (χ2n) is 4.13. The fourth-order valence-corrected chi connectivity index (χ4v) is 2.03. The van der Waals surface area contributed by atoms with Crippen molar-refractivity contribution in [1.29, 1.82) is 0 Å². The third kappa shape index (κ3) is 1.80. The minimum atomic E-state index is 0.545. The summed E-state index contributed by atoms with van der Waals surface area (Å²) in [6.45, 7) is 15.0. The summed E-state index contributed by atoms with van der Waals surface area (Å²) in [5, 5.41) is 0. The van der Waals surface area contributed by atoms with Crippen LogP contribution in [0, 0.1) is 6.92 Å². The van der Waals surface area contributed by atoms with Gasteiger partial charge in [0, 0.05) is 20.0 Å². The molecule has 1 rings (SSSR count). The van der Waals surface area contributed by atoms with Crippen molar-refractivity contribution in [2.24, 2.45) is 0 Å². The summed E-state index contributed by atoms with van der Waals surface area (Å²) in [5.41, 5.74) is 0. The second-order valence-corrected chi connectivity index (χ2v) is 4.13. The van der Waals surface area contributed by atoms with Crippen LogP contribution in [-0.4, -0.2) is 55.2 Å². The van der Waals surface area contributed by atoms with Gasteiger partial charge in [-0.1, -0.05) is 0 Å². The lowest BCUT2D eigenvalue weighted by Gasteiger charge is -2.46. The molecule has 1 aliphatic heterocycles. The summed E-state index contributed by atoms with van der Waals surface area (Å²) in [7, 11) is 2.21. The van der Waals surface area contributed by atoms with E-state index in [0.717, 1.165) is 0 Å². The lowest BCUT2D eigenvalue weighted by Crippen LogP contribution is -2.62. The zero-order valence-electron chi connectivity index (χ0n) is 8.71. The number of nitrogens with zero attached hydrogens (tertiary/aromatic N) is 2. The quantitative estimate of drug-likeness (QED) is 0.559. The number of hydrogen-bond acceptors (Lipinski definition) is 1. The molecule has 0 aromatic heterocycles. The minimum absolute atomic E-state index is 0.545. The average molecular weight is 170 g/mol. The summed E-state index contributed by atoms with van der Waals surface area (Å²) in [4.78, 5) is 2.41. The van der Waals surface area contributed by atoms with Crippen LogP contribution >= 0.6 is 0 Å². The zero-order valence-corrected chi connectivity index (χ0v) is 8.71. The molecule has 0 aliphatic carbocycles. The highest BCUT2D eigenvalue weighted by Crippen LogP contribution is 2.16. The van der Waals surface area contributed by atoms with Gasteiger partial charge in [-0.15, -0.1) is 0 Å². The molecule has 0 saturated carbocycles. The first-order chi connectivity index (χ1) is 5.60. The summed E-state index contributed by atoms with van der Waals surface area (Å²) in [6.07, 6.45) is 0. The summed E-state index contributed by atoms with van der Waals surface area (Å²) >= 11 is 0. The van der Waals surface area contributed by atoms with E-state index in [-0.39, 0.29) is 0 Å². The SMILES string of the molecule is [CH2]C(C)[N+]1(CC)CCN(C)CC1. The van der Waals surface area contributed by atoms with E-state index in [1.807, 2.05) is 0 Å². The maximum absolute atomic E-state index is 4.18. The van der Waals surface area contributed by atoms with Crippen LogP contribution in [0.2, 0.25) is 0 Å². The fourth-order valence-electron chi connectivity index (χ4n) is 2.03. The molecule has 0 bridgehead atoms. The maximum Gasteiger partial charge on any atom is 0.0918 e. The smallest absolute Gasteiger partial charge is 0.0918 e. The van der Waals surface area contributed by atoms with Gasteiger partial charge >= 0.3 is 0 Å². The number of piperazine rings is 1. The van der Waals surface area contributed by atoms with Gasteiger partial charge in [-0.3, -0.25) is 4.90 Å². The highest BCUT2D eigenvalue weighted by molar-refractivity contribution is 4.64. The monoisotopic (exact) mass is 170 g/mol. The topological polar surface area (TPSA) is 3.24 Å². The Labute approximate surface area is 76.7 Å². The number of rotatable bonds is 2. The Hall–Kier alpha value is -0.0800. The van der Waals surface area contributed by atoms with Gasteiger partial charge < -0.3 is 4.48 Å². The van der Waals surface area contributed by atoms with E-state index < -0.39 is 0 Å². The minimum Gasteiger partial charge on any atom is -0.320 e. The van der Waals surface area contributed by atoms with Crippen molar-refractivity contribution in [3.8, 4) is 0 Å². The van der Waals surface area contributed by atoms with Crippen LogP contribution < -0.4 is 0 Å². The van der Waals surface area contributed by atoms with Crippen LogP contribution in [0.4, 0.5) is 0 Å². The molecule has 2 nitrogen and oxygen atoms in total. The van der Waals surface area contributed by atoms with Gasteiger partial charge in [0.05, 0.1) is 25.7 Å². The van der Waals surface area contributed by atoms with E-state index in [2.05, 4.69) is 32.7 Å². The molecule has 71 valence electrons. The molecule has 0 amide bonds. The van der Waals surface area contributed by atoms with Gasteiger partial charge in [-0.2, -0.15) is 0 Å². The van der Waals surface area contributed by atoms with Crippen LogP contribution in [0.15, 0.2) is 0 Å². The Balaban J connectivity index is 2.57. The van der Waals surface area contributed by atoms with Crippen molar-refractivity contribution in [3.05, 3.63) is 6.92 Å².